The van der Waals surface area contributed by atoms with E-state index in [-0.39, 0.29) is 19.1 Å². The summed E-state index contributed by atoms with van der Waals surface area (Å²) in [5.41, 5.74) is 3.26. The number of rotatable bonds is 12. The van der Waals surface area contributed by atoms with Crippen molar-refractivity contribution < 1.29 is 31.9 Å². The zero-order chi connectivity index (χ0) is 26.0. The molecule has 0 saturated heterocycles. The highest BCUT2D eigenvalue weighted by Gasteiger charge is 2.21. The Morgan fingerprint density at radius 2 is 1.83 bits per heavy atom. The van der Waals surface area contributed by atoms with Crippen molar-refractivity contribution in [3.63, 3.8) is 0 Å². The largest absolute Gasteiger partial charge is 0.497 e. The molecule has 0 fully saturated rings. The molecule has 0 radical (unpaired) electrons. The van der Waals surface area contributed by atoms with Crippen LogP contribution < -0.4 is 24.5 Å². The molecular formula is C24H26N4O7S. The lowest BCUT2D eigenvalue weighted by Gasteiger charge is -2.21. The lowest BCUT2D eigenvalue weighted by Crippen LogP contribution is -2.39. The molecule has 3 aromatic rings. The van der Waals surface area contributed by atoms with Crippen molar-refractivity contribution in [2.24, 2.45) is 5.10 Å². The van der Waals surface area contributed by atoms with E-state index >= 15 is 0 Å². The number of sulfonamides is 1. The number of benzene rings is 2. The van der Waals surface area contributed by atoms with E-state index in [9.17, 15) is 18.0 Å². The fourth-order valence-corrected chi connectivity index (χ4v) is 3.81. The summed E-state index contributed by atoms with van der Waals surface area (Å²) in [6.45, 7) is -0.343. The summed E-state index contributed by atoms with van der Waals surface area (Å²) in [6.07, 6.45) is 3.93. The monoisotopic (exact) mass is 514 g/mol. The Bertz CT molecular complexity index is 1290. The van der Waals surface area contributed by atoms with E-state index in [1.54, 1.807) is 54.6 Å². The number of hydrazone groups is 1. The van der Waals surface area contributed by atoms with E-state index in [2.05, 4.69) is 15.8 Å². The Labute approximate surface area is 208 Å². The van der Waals surface area contributed by atoms with Gasteiger partial charge in [0.2, 0.25) is 10.0 Å². The standard InChI is InChI=1S/C24H26N4O7S/c1-33-21-6-3-5-19(13-21)28(36(2,31)32)16-23(29)27-26-14-18-8-10-20(11-9-18)35-17-24(30)25-15-22-7-4-12-34-22/h3-14H,15-17H2,1-2H3,(H,25,30)(H,27,29)/b26-14-. The average Bonchev–Trinajstić information content (AvgIpc) is 3.39. The van der Waals surface area contributed by atoms with Gasteiger partial charge in [-0.05, 0) is 54.1 Å². The van der Waals surface area contributed by atoms with Gasteiger partial charge in [-0.25, -0.2) is 13.8 Å². The van der Waals surface area contributed by atoms with Crippen molar-refractivity contribution in [3.8, 4) is 11.5 Å². The van der Waals surface area contributed by atoms with Gasteiger partial charge in [0.15, 0.2) is 6.61 Å². The maximum Gasteiger partial charge on any atom is 0.260 e. The first kappa shape index (κ1) is 26.3. The van der Waals surface area contributed by atoms with Gasteiger partial charge in [-0.1, -0.05) is 6.07 Å². The molecule has 0 aliphatic carbocycles. The smallest absolute Gasteiger partial charge is 0.260 e. The normalized spacial score (nSPS) is 11.2. The molecular weight excluding hydrogens is 488 g/mol. The fraction of sp³-hybridized carbons (Fsp3) is 0.208. The number of ether oxygens (including phenoxy) is 2. The molecule has 0 spiro atoms. The van der Waals surface area contributed by atoms with E-state index in [1.807, 2.05) is 0 Å². The highest BCUT2D eigenvalue weighted by Crippen LogP contribution is 2.22. The Kier molecular flexibility index (Phi) is 9.06. The summed E-state index contributed by atoms with van der Waals surface area (Å²) in [7, 11) is -2.27. The van der Waals surface area contributed by atoms with Crippen molar-refractivity contribution in [2.45, 2.75) is 6.54 Å². The second-order valence-corrected chi connectivity index (χ2v) is 9.38. The number of hydrogen-bond acceptors (Lipinski definition) is 8. The number of amides is 2. The van der Waals surface area contributed by atoms with Gasteiger partial charge >= 0.3 is 0 Å². The van der Waals surface area contributed by atoms with E-state index in [1.165, 1.54) is 25.7 Å². The van der Waals surface area contributed by atoms with Gasteiger partial charge in [0.1, 0.15) is 23.8 Å². The summed E-state index contributed by atoms with van der Waals surface area (Å²) < 4.78 is 41.1. The number of carbonyl (C=O) groups is 2. The topological polar surface area (TPSA) is 140 Å². The van der Waals surface area contributed by atoms with Crippen molar-refractivity contribution in [1.82, 2.24) is 10.7 Å². The molecule has 36 heavy (non-hydrogen) atoms. The predicted molar refractivity (Wildman–Crippen MR) is 133 cm³/mol. The van der Waals surface area contributed by atoms with Crippen molar-refractivity contribution >= 4 is 33.7 Å². The fourth-order valence-electron chi connectivity index (χ4n) is 2.96. The Hall–Kier alpha value is -4.32. The third-order valence-corrected chi connectivity index (χ3v) is 5.86. The third-order valence-electron chi connectivity index (χ3n) is 4.72. The van der Waals surface area contributed by atoms with Crippen LogP contribution in [-0.2, 0) is 26.2 Å². The number of nitrogens with zero attached hydrogens (tertiary/aromatic N) is 2. The molecule has 12 heteroatoms. The molecule has 2 N–H and O–H groups in total. The van der Waals surface area contributed by atoms with Crippen molar-refractivity contribution in [3.05, 3.63) is 78.3 Å². The Balaban J connectivity index is 1.48. The molecule has 0 bridgehead atoms. The van der Waals surface area contributed by atoms with Crippen LogP contribution in [0.4, 0.5) is 5.69 Å². The molecule has 11 nitrogen and oxygen atoms in total. The minimum atomic E-state index is -3.73. The molecule has 0 atom stereocenters. The molecule has 0 aliphatic rings. The van der Waals surface area contributed by atoms with Gasteiger partial charge in [-0.3, -0.25) is 13.9 Å². The zero-order valence-electron chi connectivity index (χ0n) is 19.7. The maximum atomic E-state index is 12.3. The average molecular weight is 515 g/mol. The van der Waals surface area contributed by atoms with Crippen LogP contribution in [0.2, 0.25) is 0 Å². The molecule has 3 rings (SSSR count). The van der Waals surface area contributed by atoms with E-state index < -0.39 is 22.5 Å². The molecule has 2 aromatic carbocycles. The van der Waals surface area contributed by atoms with Crippen LogP contribution in [0.3, 0.4) is 0 Å². The zero-order valence-corrected chi connectivity index (χ0v) is 20.5. The van der Waals surface area contributed by atoms with E-state index in [4.69, 9.17) is 13.9 Å². The first-order valence-corrected chi connectivity index (χ1v) is 12.5. The summed E-state index contributed by atoms with van der Waals surface area (Å²) in [5, 5.41) is 6.55. The van der Waals surface area contributed by atoms with Crippen LogP contribution in [0.1, 0.15) is 11.3 Å². The molecule has 1 heterocycles. The van der Waals surface area contributed by atoms with Crippen LogP contribution in [-0.4, -0.2) is 53.0 Å². The molecule has 1 aromatic heterocycles. The van der Waals surface area contributed by atoms with Crippen LogP contribution >= 0.6 is 0 Å². The number of carbonyl (C=O) groups excluding carboxylic acids is 2. The summed E-state index contributed by atoms with van der Waals surface area (Å²) in [6, 6.07) is 16.5. The van der Waals surface area contributed by atoms with E-state index in [0.29, 0.717) is 28.5 Å². The number of furan rings is 1. The van der Waals surface area contributed by atoms with Crippen LogP contribution in [0.5, 0.6) is 11.5 Å². The Morgan fingerprint density at radius 3 is 2.50 bits per heavy atom. The Morgan fingerprint density at radius 1 is 1.06 bits per heavy atom. The summed E-state index contributed by atoms with van der Waals surface area (Å²) in [5.74, 6) is 0.660. The second kappa shape index (κ2) is 12.4. The molecule has 2 amide bonds. The third kappa shape index (κ3) is 8.17. The van der Waals surface area contributed by atoms with Gasteiger partial charge in [-0.2, -0.15) is 5.10 Å². The second-order valence-electron chi connectivity index (χ2n) is 7.48. The number of hydrogen-bond donors (Lipinski definition) is 2. The van der Waals surface area contributed by atoms with Crippen LogP contribution in [0.25, 0.3) is 0 Å². The summed E-state index contributed by atoms with van der Waals surface area (Å²) in [4.78, 5) is 24.2. The SMILES string of the molecule is COc1cccc(N(CC(=O)N/N=C\c2ccc(OCC(=O)NCc3ccco3)cc2)S(C)(=O)=O)c1. The van der Waals surface area contributed by atoms with Crippen molar-refractivity contribution in [1.29, 1.82) is 0 Å². The molecule has 0 unspecified atom stereocenters. The predicted octanol–water partition coefficient (Wildman–Crippen LogP) is 1.90. The van der Waals surface area contributed by atoms with Crippen LogP contribution in [0.15, 0.2) is 76.4 Å². The first-order valence-electron chi connectivity index (χ1n) is 10.7. The first-order chi connectivity index (χ1) is 17.2. The lowest BCUT2D eigenvalue weighted by atomic mass is 10.2. The van der Waals surface area contributed by atoms with Gasteiger partial charge < -0.3 is 19.2 Å². The van der Waals surface area contributed by atoms with Gasteiger partial charge in [-0.15, -0.1) is 0 Å². The quantitative estimate of drug-likeness (QED) is 0.278. The van der Waals surface area contributed by atoms with Crippen LogP contribution in [0, 0.1) is 0 Å². The van der Waals surface area contributed by atoms with Crippen molar-refractivity contribution in [2.75, 3.05) is 30.8 Å². The number of nitrogens with one attached hydrogen (secondary N) is 2. The summed E-state index contributed by atoms with van der Waals surface area (Å²) >= 11 is 0. The minimum Gasteiger partial charge on any atom is -0.497 e. The number of anilines is 1. The van der Waals surface area contributed by atoms with E-state index in [0.717, 1.165) is 10.6 Å². The molecule has 0 saturated carbocycles. The highest BCUT2D eigenvalue weighted by atomic mass is 32.2. The molecule has 0 aliphatic heterocycles. The lowest BCUT2D eigenvalue weighted by molar-refractivity contribution is -0.123. The minimum absolute atomic E-state index is 0.158. The van der Waals surface area contributed by atoms with Gasteiger partial charge in [0, 0.05) is 6.07 Å². The number of methoxy groups -OCH3 is 1. The molecule has 190 valence electrons. The maximum absolute atomic E-state index is 12.3. The van der Waals surface area contributed by atoms with Gasteiger partial charge in [0.25, 0.3) is 11.8 Å². The van der Waals surface area contributed by atoms with Gasteiger partial charge in [0.05, 0.1) is 38.1 Å². The highest BCUT2D eigenvalue weighted by molar-refractivity contribution is 7.92.